The normalized spacial score (nSPS) is 23.0. The standard InChI is InChI=1S/C18H27N/c1-19-18(15-8-3-2-4-9-15)17-13-6-5-12-16(17)14-10-7-11-14/h5-6,12-15,18-19H,2-4,7-11H2,1H3. The van der Waals surface area contributed by atoms with E-state index in [1.165, 1.54) is 51.4 Å². The number of hydrogen-bond acceptors (Lipinski definition) is 1. The lowest BCUT2D eigenvalue weighted by Crippen LogP contribution is -2.28. The van der Waals surface area contributed by atoms with Gasteiger partial charge in [-0.05, 0) is 55.7 Å². The van der Waals surface area contributed by atoms with E-state index in [4.69, 9.17) is 0 Å². The molecule has 0 aromatic heterocycles. The van der Waals surface area contributed by atoms with Gasteiger partial charge in [-0.3, -0.25) is 0 Å². The van der Waals surface area contributed by atoms with Crippen molar-refractivity contribution in [3.8, 4) is 0 Å². The molecule has 0 spiro atoms. The van der Waals surface area contributed by atoms with E-state index in [9.17, 15) is 0 Å². The van der Waals surface area contributed by atoms with Crippen LogP contribution in [0, 0.1) is 5.92 Å². The van der Waals surface area contributed by atoms with Gasteiger partial charge in [-0.15, -0.1) is 0 Å². The highest BCUT2D eigenvalue weighted by molar-refractivity contribution is 5.34. The van der Waals surface area contributed by atoms with Crippen molar-refractivity contribution in [3.05, 3.63) is 35.4 Å². The lowest BCUT2D eigenvalue weighted by Gasteiger charge is -2.35. The van der Waals surface area contributed by atoms with Crippen LogP contribution < -0.4 is 5.32 Å². The van der Waals surface area contributed by atoms with Crippen molar-refractivity contribution in [2.75, 3.05) is 7.05 Å². The van der Waals surface area contributed by atoms with Crippen LogP contribution in [0.25, 0.3) is 0 Å². The summed E-state index contributed by atoms with van der Waals surface area (Å²) in [7, 11) is 2.15. The Morgan fingerprint density at radius 3 is 2.32 bits per heavy atom. The van der Waals surface area contributed by atoms with E-state index < -0.39 is 0 Å². The third kappa shape index (κ3) is 2.72. The van der Waals surface area contributed by atoms with Crippen molar-refractivity contribution in [3.63, 3.8) is 0 Å². The van der Waals surface area contributed by atoms with Crippen LogP contribution >= 0.6 is 0 Å². The second-order valence-electron chi connectivity index (χ2n) is 6.42. The number of hydrogen-bond donors (Lipinski definition) is 1. The first-order chi connectivity index (χ1) is 9.40. The highest BCUT2D eigenvalue weighted by Crippen LogP contribution is 2.42. The fraction of sp³-hybridized carbons (Fsp3) is 0.667. The predicted octanol–water partition coefficient (Wildman–Crippen LogP) is 4.79. The van der Waals surface area contributed by atoms with E-state index in [0.717, 1.165) is 11.8 Å². The van der Waals surface area contributed by atoms with Gasteiger partial charge in [0.25, 0.3) is 0 Å². The molecule has 0 radical (unpaired) electrons. The third-order valence-electron chi connectivity index (χ3n) is 5.31. The highest BCUT2D eigenvalue weighted by Gasteiger charge is 2.29. The van der Waals surface area contributed by atoms with Crippen molar-refractivity contribution >= 4 is 0 Å². The Hall–Kier alpha value is -0.820. The quantitative estimate of drug-likeness (QED) is 0.817. The van der Waals surface area contributed by atoms with E-state index in [1.807, 2.05) is 0 Å². The van der Waals surface area contributed by atoms with Crippen LogP contribution in [0.3, 0.4) is 0 Å². The van der Waals surface area contributed by atoms with Crippen molar-refractivity contribution in [2.24, 2.45) is 5.92 Å². The molecule has 1 N–H and O–H groups in total. The molecule has 1 aromatic rings. The van der Waals surface area contributed by atoms with Crippen molar-refractivity contribution in [2.45, 2.75) is 63.3 Å². The van der Waals surface area contributed by atoms with Gasteiger partial charge in [0, 0.05) is 6.04 Å². The van der Waals surface area contributed by atoms with Crippen LogP contribution in [0.15, 0.2) is 24.3 Å². The zero-order chi connectivity index (χ0) is 13.1. The van der Waals surface area contributed by atoms with Gasteiger partial charge < -0.3 is 5.32 Å². The summed E-state index contributed by atoms with van der Waals surface area (Å²) in [6, 6.07) is 9.79. The van der Waals surface area contributed by atoms with E-state index >= 15 is 0 Å². The molecule has 1 aromatic carbocycles. The van der Waals surface area contributed by atoms with Gasteiger partial charge >= 0.3 is 0 Å². The molecule has 2 saturated carbocycles. The zero-order valence-corrected chi connectivity index (χ0v) is 12.2. The van der Waals surface area contributed by atoms with Crippen LogP contribution in [0.5, 0.6) is 0 Å². The summed E-state index contributed by atoms with van der Waals surface area (Å²) in [5, 5.41) is 3.63. The number of benzene rings is 1. The van der Waals surface area contributed by atoms with Gasteiger partial charge in [0.15, 0.2) is 0 Å². The molecular formula is C18H27N. The summed E-state index contributed by atoms with van der Waals surface area (Å²) >= 11 is 0. The minimum absolute atomic E-state index is 0.581. The van der Waals surface area contributed by atoms with E-state index in [0.29, 0.717) is 6.04 Å². The topological polar surface area (TPSA) is 12.0 Å². The Balaban J connectivity index is 1.85. The first kappa shape index (κ1) is 13.2. The lowest BCUT2D eigenvalue weighted by atomic mass is 9.74. The Labute approximate surface area is 117 Å². The summed E-state index contributed by atoms with van der Waals surface area (Å²) < 4.78 is 0. The zero-order valence-electron chi connectivity index (χ0n) is 12.2. The summed E-state index contributed by atoms with van der Waals surface area (Å²) in [4.78, 5) is 0. The monoisotopic (exact) mass is 257 g/mol. The van der Waals surface area contributed by atoms with Crippen LogP contribution in [0.2, 0.25) is 0 Å². The summed E-state index contributed by atoms with van der Waals surface area (Å²) in [6.07, 6.45) is 11.3. The Morgan fingerprint density at radius 1 is 0.947 bits per heavy atom. The Morgan fingerprint density at radius 2 is 1.68 bits per heavy atom. The maximum atomic E-state index is 3.63. The molecule has 104 valence electrons. The highest BCUT2D eigenvalue weighted by atomic mass is 14.9. The molecule has 2 aliphatic carbocycles. The molecule has 0 amide bonds. The molecule has 0 heterocycles. The summed E-state index contributed by atoms with van der Waals surface area (Å²) in [6.45, 7) is 0. The molecule has 1 nitrogen and oxygen atoms in total. The van der Waals surface area contributed by atoms with Crippen LogP contribution in [0.4, 0.5) is 0 Å². The molecule has 1 atom stereocenters. The van der Waals surface area contributed by atoms with Gasteiger partial charge in [0.1, 0.15) is 0 Å². The molecule has 3 rings (SSSR count). The second-order valence-corrected chi connectivity index (χ2v) is 6.42. The average molecular weight is 257 g/mol. The maximum Gasteiger partial charge on any atom is 0.0348 e. The fourth-order valence-electron chi connectivity index (χ4n) is 4.00. The second kappa shape index (κ2) is 6.09. The minimum atomic E-state index is 0.581. The predicted molar refractivity (Wildman–Crippen MR) is 81.4 cm³/mol. The maximum absolute atomic E-state index is 3.63. The first-order valence-electron chi connectivity index (χ1n) is 8.16. The molecule has 0 saturated heterocycles. The number of rotatable bonds is 4. The lowest BCUT2D eigenvalue weighted by molar-refractivity contribution is 0.278. The van der Waals surface area contributed by atoms with E-state index in [-0.39, 0.29) is 0 Å². The van der Waals surface area contributed by atoms with Crippen LogP contribution in [-0.2, 0) is 0 Å². The van der Waals surface area contributed by atoms with Crippen molar-refractivity contribution in [1.82, 2.24) is 5.32 Å². The van der Waals surface area contributed by atoms with Gasteiger partial charge in [-0.1, -0.05) is 49.9 Å². The fourth-order valence-corrected chi connectivity index (χ4v) is 4.00. The molecule has 1 heteroatoms. The van der Waals surface area contributed by atoms with Crippen LogP contribution in [0.1, 0.15) is 74.5 Å². The molecule has 2 fully saturated rings. The summed E-state index contributed by atoms with van der Waals surface area (Å²) in [5.74, 6) is 1.69. The van der Waals surface area contributed by atoms with Gasteiger partial charge in [-0.25, -0.2) is 0 Å². The van der Waals surface area contributed by atoms with Gasteiger partial charge in [0.2, 0.25) is 0 Å². The molecule has 1 unspecified atom stereocenters. The first-order valence-corrected chi connectivity index (χ1v) is 8.16. The SMILES string of the molecule is CNC(c1ccccc1C1CCC1)C1CCCCC1. The van der Waals surface area contributed by atoms with E-state index in [2.05, 4.69) is 36.6 Å². The average Bonchev–Trinajstić information content (AvgIpc) is 2.41. The van der Waals surface area contributed by atoms with Crippen LogP contribution in [-0.4, -0.2) is 7.05 Å². The van der Waals surface area contributed by atoms with Gasteiger partial charge in [0.05, 0.1) is 0 Å². The number of nitrogens with one attached hydrogen (secondary N) is 1. The molecule has 19 heavy (non-hydrogen) atoms. The molecule has 2 aliphatic rings. The minimum Gasteiger partial charge on any atom is -0.313 e. The molecular weight excluding hydrogens is 230 g/mol. The smallest absolute Gasteiger partial charge is 0.0348 e. The third-order valence-corrected chi connectivity index (χ3v) is 5.31. The summed E-state index contributed by atoms with van der Waals surface area (Å²) in [5.41, 5.74) is 3.24. The van der Waals surface area contributed by atoms with Crippen molar-refractivity contribution in [1.29, 1.82) is 0 Å². The molecule has 0 bridgehead atoms. The van der Waals surface area contributed by atoms with E-state index in [1.54, 1.807) is 11.1 Å². The Kier molecular flexibility index (Phi) is 4.22. The molecule has 0 aliphatic heterocycles. The largest absolute Gasteiger partial charge is 0.313 e. The van der Waals surface area contributed by atoms with Crippen molar-refractivity contribution < 1.29 is 0 Å². The Bertz CT molecular complexity index is 402. The van der Waals surface area contributed by atoms with Gasteiger partial charge in [-0.2, -0.15) is 0 Å².